The number of carbonyl (C=O) groups is 2. The molecule has 0 fully saturated rings. The van der Waals surface area contributed by atoms with Crippen molar-refractivity contribution < 1.29 is 28.9 Å². The number of carbonyl (C=O) groups excluding carboxylic acids is 2. The van der Waals surface area contributed by atoms with Crippen molar-refractivity contribution in [3.8, 4) is 28.4 Å². The van der Waals surface area contributed by atoms with E-state index in [1.165, 1.54) is 7.11 Å². The van der Waals surface area contributed by atoms with E-state index in [9.17, 15) is 14.7 Å². The third-order valence-electron chi connectivity index (χ3n) is 10.6. The second-order valence-corrected chi connectivity index (χ2v) is 13.9. The molecule has 53 heavy (non-hydrogen) atoms. The van der Waals surface area contributed by atoms with Crippen molar-refractivity contribution in [2.24, 2.45) is 0 Å². The smallest absolute Gasteiger partial charge is 0.328 e. The lowest BCUT2D eigenvalue weighted by atomic mass is 9.89. The van der Waals surface area contributed by atoms with Crippen LogP contribution in [0.15, 0.2) is 103 Å². The molecule has 0 spiro atoms. The maximum absolute atomic E-state index is 14.5. The predicted molar refractivity (Wildman–Crippen MR) is 203 cm³/mol. The number of nitrogens with zero attached hydrogens (tertiary/aromatic N) is 2. The number of rotatable bonds is 10. The number of methoxy groups -OCH3 is 1. The Morgan fingerprint density at radius 1 is 0.962 bits per heavy atom. The van der Waals surface area contributed by atoms with E-state index in [0.29, 0.717) is 31.1 Å². The normalized spacial score (nSPS) is 17.7. The number of benzene rings is 4. The lowest BCUT2D eigenvalue weighted by Gasteiger charge is -2.42. The molecule has 0 saturated carbocycles. The van der Waals surface area contributed by atoms with Gasteiger partial charge >= 0.3 is 5.97 Å². The Bertz CT molecular complexity index is 2080. The molecule has 9 nitrogen and oxygen atoms in total. The van der Waals surface area contributed by atoms with Gasteiger partial charge in [0.05, 0.1) is 13.2 Å². The van der Waals surface area contributed by atoms with E-state index in [2.05, 4.69) is 41.2 Å². The van der Waals surface area contributed by atoms with Crippen LogP contribution in [0.1, 0.15) is 64.6 Å². The average molecular weight is 712 g/mol. The van der Waals surface area contributed by atoms with Gasteiger partial charge in [-0.1, -0.05) is 73.7 Å². The molecular formula is C44H45N3O6. The van der Waals surface area contributed by atoms with Gasteiger partial charge in [-0.05, 0) is 102 Å². The van der Waals surface area contributed by atoms with Gasteiger partial charge in [0.25, 0.3) is 0 Å². The van der Waals surface area contributed by atoms with E-state index < -0.39 is 18.1 Å². The number of aromatic hydroxyl groups is 1. The summed E-state index contributed by atoms with van der Waals surface area (Å²) in [5.41, 5.74) is 9.27. The largest absolute Gasteiger partial charge is 0.508 e. The summed E-state index contributed by atoms with van der Waals surface area (Å²) >= 11 is 0. The molecule has 272 valence electrons. The molecule has 4 atom stereocenters. The zero-order valence-electron chi connectivity index (χ0n) is 30.5. The van der Waals surface area contributed by atoms with Gasteiger partial charge in [-0.2, -0.15) is 0 Å². The summed E-state index contributed by atoms with van der Waals surface area (Å²) in [6.07, 6.45) is 2.98. The molecule has 3 heterocycles. The summed E-state index contributed by atoms with van der Waals surface area (Å²) in [4.78, 5) is 34.3. The molecule has 0 aliphatic carbocycles. The zero-order chi connectivity index (χ0) is 37.1. The first-order valence-electron chi connectivity index (χ1n) is 18.2. The predicted octanol–water partition coefficient (Wildman–Crippen LogP) is 7.36. The molecule has 0 radical (unpaired) electrons. The number of aromatic nitrogens is 1. The minimum absolute atomic E-state index is 0.0533. The van der Waals surface area contributed by atoms with Gasteiger partial charge in [0.1, 0.15) is 18.4 Å². The maximum atomic E-state index is 14.5. The molecule has 2 aliphatic rings. The number of hydrogen-bond acceptors (Lipinski definition) is 8. The van der Waals surface area contributed by atoms with Crippen molar-refractivity contribution >= 4 is 11.9 Å². The molecule has 7 rings (SSSR count). The first-order chi connectivity index (χ1) is 25.7. The Balaban J connectivity index is 1.15. The molecule has 9 heteroatoms. The number of phenols is 1. The summed E-state index contributed by atoms with van der Waals surface area (Å²) < 4.78 is 17.9. The monoisotopic (exact) mass is 711 g/mol. The Morgan fingerprint density at radius 3 is 2.42 bits per heavy atom. The fraction of sp³-hybridized carbons (Fsp3) is 0.295. The van der Waals surface area contributed by atoms with Gasteiger partial charge in [-0.15, -0.1) is 0 Å². The van der Waals surface area contributed by atoms with Crippen LogP contribution in [0.2, 0.25) is 0 Å². The first-order valence-corrected chi connectivity index (χ1v) is 18.2. The van der Waals surface area contributed by atoms with Crippen LogP contribution in [0.4, 0.5) is 0 Å². The van der Waals surface area contributed by atoms with Crippen LogP contribution in [0.3, 0.4) is 0 Å². The van der Waals surface area contributed by atoms with Gasteiger partial charge in [-0.25, -0.2) is 4.79 Å². The van der Waals surface area contributed by atoms with E-state index in [0.717, 1.165) is 56.6 Å². The Labute approximate surface area is 310 Å². The Kier molecular flexibility index (Phi) is 10.5. The first kappa shape index (κ1) is 35.7. The van der Waals surface area contributed by atoms with Crippen LogP contribution < -0.4 is 14.8 Å². The zero-order valence-corrected chi connectivity index (χ0v) is 30.5. The van der Waals surface area contributed by atoms with Crippen molar-refractivity contribution in [1.82, 2.24) is 15.2 Å². The van der Waals surface area contributed by atoms with Gasteiger partial charge in [0.2, 0.25) is 5.91 Å². The second kappa shape index (κ2) is 15.5. The summed E-state index contributed by atoms with van der Waals surface area (Å²) in [5.74, 6) is 0.747. The van der Waals surface area contributed by atoms with E-state index in [4.69, 9.17) is 14.2 Å². The molecule has 1 aromatic heterocycles. The highest BCUT2D eigenvalue weighted by atomic mass is 16.6. The van der Waals surface area contributed by atoms with E-state index >= 15 is 0 Å². The number of nitrogens with one attached hydrogen (secondary N) is 1. The molecule has 1 amide bonds. The number of aryl methyl sites for hydroxylation is 1. The number of amides is 1. The third-order valence-corrected chi connectivity index (χ3v) is 10.6. The van der Waals surface area contributed by atoms with Crippen molar-refractivity contribution in [3.05, 3.63) is 142 Å². The van der Waals surface area contributed by atoms with Crippen LogP contribution >= 0.6 is 0 Å². The van der Waals surface area contributed by atoms with Gasteiger partial charge < -0.3 is 24.6 Å². The third kappa shape index (κ3) is 7.62. The number of ether oxygens (including phenoxy) is 3. The molecule has 0 bridgehead atoms. The van der Waals surface area contributed by atoms with Crippen LogP contribution in [-0.2, 0) is 33.7 Å². The fourth-order valence-electron chi connectivity index (χ4n) is 7.54. The second-order valence-electron chi connectivity index (χ2n) is 13.9. The van der Waals surface area contributed by atoms with Crippen LogP contribution in [-0.4, -0.2) is 52.7 Å². The molecule has 1 unspecified atom stereocenters. The van der Waals surface area contributed by atoms with E-state index in [1.807, 2.05) is 85.9 Å². The quantitative estimate of drug-likeness (QED) is 0.145. The molecule has 0 saturated heterocycles. The summed E-state index contributed by atoms with van der Waals surface area (Å²) in [7, 11) is 1.35. The number of phenolic OH excluding ortho intramolecular Hbond substituents is 1. The van der Waals surface area contributed by atoms with E-state index in [-0.39, 0.29) is 30.2 Å². The van der Waals surface area contributed by atoms with Gasteiger partial charge in [0.15, 0.2) is 17.6 Å². The van der Waals surface area contributed by atoms with Crippen LogP contribution in [0.25, 0.3) is 11.1 Å². The number of hydrogen-bond donors (Lipinski definition) is 2. The van der Waals surface area contributed by atoms with E-state index in [1.54, 1.807) is 12.1 Å². The maximum Gasteiger partial charge on any atom is 0.328 e. The SMILES string of the molecule is CC[C@@H](c1ccccc1)N1Cc2cc3c(cc2C[C@H]1C(=O)NC(Cc1ccc(-c2ccnc(C)c2C)cc1)C(=O)OC)OC[C@H](c1ccc(O)cc1)O3. The number of fused-ring (bicyclic) bond motifs is 2. The summed E-state index contributed by atoms with van der Waals surface area (Å²) in [6.45, 7) is 7.01. The van der Waals surface area contributed by atoms with Gasteiger partial charge in [0, 0.05) is 30.9 Å². The fourth-order valence-corrected chi connectivity index (χ4v) is 7.54. The molecule has 5 aromatic rings. The topological polar surface area (TPSA) is 110 Å². The highest BCUT2D eigenvalue weighted by molar-refractivity contribution is 5.88. The average Bonchev–Trinajstić information content (AvgIpc) is 3.18. The standard InChI is InChI=1S/C44H45N3O6/c1-5-38(31-9-7-6-8-10-31)47-25-34-24-41-40(52-26-42(53-41)32-15-17-35(48)18-16-32)23-33(34)22-39(47)43(49)46-37(44(50)51-4)21-29-11-13-30(14-12-29)36-19-20-45-28(3)27(36)2/h6-20,23-24,37-39,42,48H,5,21-22,25-26H2,1-4H3,(H,46,49)/t37?,38-,39-,42+/m0/s1. The molecule has 2 aliphatic heterocycles. The summed E-state index contributed by atoms with van der Waals surface area (Å²) in [6, 6.07) is 29.8. The highest BCUT2D eigenvalue weighted by Crippen LogP contribution is 2.42. The van der Waals surface area contributed by atoms with Crippen LogP contribution in [0, 0.1) is 13.8 Å². The lowest BCUT2D eigenvalue weighted by Crippen LogP contribution is -2.55. The Hall–Kier alpha value is -5.67. The van der Waals surface area contributed by atoms with Crippen molar-refractivity contribution in [3.63, 3.8) is 0 Å². The van der Waals surface area contributed by atoms with Crippen molar-refractivity contribution in [1.29, 1.82) is 0 Å². The number of esters is 1. The van der Waals surface area contributed by atoms with Gasteiger partial charge in [-0.3, -0.25) is 14.7 Å². The number of pyridine rings is 1. The lowest BCUT2D eigenvalue weighted by molar-refractivity contribution is -0.146. The molecular weight excluding hydrogens is 666 g/mol. The molecule has 4 aromatic carbocycles. The minimum atomic E-state index is -0.875. The van der Waals surface area contributed by atoms with Crippen molar-refractivity contribution in [2.75, 3.05) is 13.7 Å². The van der Waals surface area contributed by atoms with Crippen molar-refractivity contribution in [2.45, 2.75) is 70.8 Å². The minimum Gasteiger partial charge on any atom is -0.508 e. The summed E-state index contributed by atoms with van der Waals surface area (Å²) in [5, 5.41) is 12.9. The van der Waals surface area contributed by atoms with Crippen LogP contribution in [0.5, 0.6) is 17.2 Å². The Morgan fingerprint density at radius 2 is 1.70 bits per heavy atom. The molecule has 2 N–H and O–H groups in total. The highest BCUT2D eigenvalue weighted by Gasteiger charge is 2.39.